The first-order chi connectivity index (χ1) is 13.0. The van der Waals surface area contributed by atoms with Crippen LogP contribution < -0.4 is 10.6 Å². The molecule has 1 aliphatic rings. The van der Waals surface area contributed by atoms with Crippen LogP contribution in [0.2, 0.25) is 0 Å². The van der Waals surface area contributed by atoms with E-state index in [0.29, 0.717) is 23.4 Å². The van der Waals surface area contributed by atoms with Crippen LogP contribution in [0, 0.1) is 0 Å². The molecule has 1 heterocycles. The number of Topliss-reactive ketones (excluding diaryl/α,β-unsaturated/α-hetero) is 1. The Kier molecular flexibility index (Phi) is 8.20. The van der Waals surface area contributed by atoms with Crippen LogP contribution in [0.4, 0.5) is 5.69 Å². The van der Waals surface area contributed by atoms with Gasteiger partial charge in [-0.1, -0.05) is 0 Å². The van der Waals surface area contributed by atoms with Gasteiger partial charge in [0.1, 0.15) is 0 Å². The second kappa shape index (κ2) is 10.6. The molecular formula is C21H29N3O3. The summed E-state index contributed by atoms with van der Waals surface area (Å²) in [5.41, 5.74) is 1.53. The van der Waals surface area contributed by atoms with E-state index >= 15 is 0 Å². The molecular weight excluding hydrogens is 342 g/mol. The van der Waals surface area contributed by atoms with Crippen LogP contribution in [-0.4, -0.2) is 48.7 Å². The van der Waals surface area contributed by atoms with Gasteiger partial charge in [0.05, 0.1) is 0 Å². The number of unbranched alkanes of at least 4 members (excludes halogenated alkanes) is 1. The molecule has 0 aliphatic carbocycles. The van der Waals surface area contributed by atoms with Gasteiger partial charge >= 0.3 is 0 Å². The first-order valence-corrected chi connectivity index (χ1v) is 9.56. The normalized spacial score (nSPS) is 14.8. The largest absolute Gasteiger partial charge is 0.352 e. The van der Waals surface area contributed by atoms with Gasteiger partial charge in [-0.3, -0.25) is 14.4 Å². The standard InChI is InChI=1S/C21H29N3O3/c1-16(21(27)22-11-3-4-12-24-13-5-6-14-24)15-20(26)23-19-9-7-18(8-10-19)17(2)25/h7-10,15H,3-6,11-14H2,1-2H3,(H,22,27)(H,23,26)/b16-15-. The lowest BCUT2D eigenvalue weighted by Crippen LogP contribution is -2.27. The highest BCUT2D eigenvalue weighted by Crippen LogP contribution is 2.10. The summed E-state index contributed by atoms with van der Waals surface area (Å²) in [6.07, 6.45) is 5.88. The Bertz CT molecular complexity index is 689. The number of nitrogens with zero attached hydrogens (tertiary/aromatic N) is 1. The molecule has 1 aromatic carbocycles. The van der Waals surface area contributed by atoms with E-state index in [9.17, 15) is 14.4 Å². The zero-order chi connectivity index (χ0) is 19.6. The number of nitrogens with one attached hydrogen (secondary N) is 2. The summed E-state index contributed by atoms with van der Waals surface area (Å²) in [5.74, 6) is -0.619. The molecule has 0 radical (unpaired) electrons. The first kappa shape index (κ1) is 20.8. The molecule has 0 aromatic heterocycles. The Hall–Kier alpha value is -2.47. The van der Waals surface area contributed by atoms with E-state index in [4.69, 9.17) is 0 Å². The minimum atomic E-state index is -0.368. The smallest absolute Gasteiger partial charge is 0.248 e. The number of benzene rings is 1. The Morgan fingerprint density at radius 1 is 1.04 bits per heavy atom. The third kappa shape index (κ3) is 7.35. The maximum atomic E-state index is 12.1. The molecule has 27 heavy (non-hydrogen) atoms. The Balaban J connectivity index is 1.69. The summed E-state index contributed by atoms with van der Waals surface area (Å²) in [6.45, 7) is 7.21. The van der Waals surface area contributed by atoms with Crippen LogP contribution >= 0.6 is 0 Å². The van der Waals surface area contributed by atoms with Gasteiger partial charge in [-0.25, -0.2) is 0 Å². The van der Waals surface area contributed by atoms with E-state index < -0.39 is 0 Å². The van der Waals surface area contributed by atoms with E-state index in [1.165, 1.54) is 38.9 Å². The summed E-state index contributed by atoms with van der Waals surface area (Å²) in [6, 6.07) is 6.64. The molecule has 0 saturated carbocycles. The molecule has 2 rings (SSSR count). The van der Waals surface area contributed by atoms with Crippen LogP contribution in [-0.2, 0) is 9.59 Å². The molecule has 0 unspecified atom stereocenters. The van der Waals surface area contributed by atoms with Gasteiger partial charge < -0.3 is 15.5 Å². The van der Waals surface area contributed by atoms with Gasteiger partial charge in [0, 0.05) is 29.4 Å². The third-order valence-electron chi connectivity index (χ3n) is 4.65. The molecule has 0 spiro atoms. The molecule has 146 valence electrons. The highest BCUT2D eigenvalue weighted by molar-refractivity contribution is 6.06. The molecule has 1 aromatic rings. The SMILES string of the molecule is CC(=O)c1ccc(NC(=O)/C=C(/C)C(=O)NCCCCN2CCCC2)cc1. The molecule has 2 amide bonds. The molecule has 2 N–H and O–H groups in total. The fourth-order valence-electron chi connectivity index (χ4n) is 3.04. The number of anilines is 1. The van der Waals surface area contributed by atoms with Crippen molar-refractivity contribution in [1.82, 2.24) is 10.2 Å². The molecule has 6 nitrogen and oxygen atoms in total. The summed E-state index contributed by atoms with van der Waals surface area (Å²) >= 11 is 0. The van der Waals surface area contributed by atoms with Gasteiger partial charge in [-0.05, 0) is 83.4 Å². The molecule has 0 bridgehead atoms. The second-order valence-electron chi connectivity index (χ2n) is 6.96. The number of amides is 2. The number of likely N-dealkylation sites (tertiary alicyclic amines) is 1. The zero-order valence-electron chi connectivity index (χ0n) is 16.2. The highest BCUT2D eigenvalue weighted by atomic mass is 16.2. The van der Waals surface area contributed by atoms with Crippen molar-refractivity contribution >= 4 is 23.3 Å². The lowest BCUT2D eigenvalue weighted by Gasteiger charge is -2.14. The van der Waals surface area contributed by atoms with E-state index in [0.717, 1.165) is 19.4 Å². The number of hydrogen-bond donors (Lipinski definition) is 2. The maximum absolute atomic E-state index is 12.1. The number of ketones is 1. The van der Waals surface area contributed by atoms with Crippen LogP contribution in [0.5, 0.6) is 0 Å². The highest BCUT2D eigenvalue weighted by Gasteiger charge is 2.11. The lowest BCUT2D eigenvalue weighted by molar-refractivity contribution is -0.118. The topological polar surface area (TPSA) is 78.5 Å². The van der Waals surface area contributed by atoms with Crippen molar-refractivity contribution in [1.29, 1.82) is 0 Å². The third-order valence-corrected chi connectivity index (χ3v) is 4.65. The Labute approximate surface area is 161 Å². The van der Waals surface area contributed by atoms with Crippen LogP contribution in [0.15, 0.2) is 35.9 Å². The summed E-state index contributed by atoms with van der Waals surface area (Å²) in [7, 11) is 0. The van der Waals surface area contributed by atoms with Crippen molar-refractivity contribution in [2.45, 2.75) is 39.5 Å². The zero-order valence-corrected chi connectivity index (χ0v) is 16.2. The predicted molar refractivity (Wildman–Crippen MR) is 107 cm³/mol. The monoisotopic (exact) mass is 371 g/mol. The van der Waals surface area contributed by atoms with Crippen molar-refractivity contribution in [3.8, 4) is 0 Å². The lowest BCUT2D eigenvalue weighted by atomic mass is 10.1. The summed E-state index contributed by atoms with van der Waals surface area (Å²) in [5, 5.41) is 5.54. The van der Waals surface area contributed by atoms with Crippen LogP contribution in [0.1, 0.15) is 49.9 Å². The van der Waals surface area contributed by atoms with Gasteiger partial charge in [0.15, 0.2) is 5.78 Å². The number of rotatable bonds is 9. The van der Waals surface area contributed by atoms with Gasteiger partial charge in [0.25, 0.3) is 0 Å². The number of carbonyl (C=O) groups excluding carboxylic acids is 3. The quantitative estimate of drug-likeness (QED) is 0.397. The van der Waals surface area contributed by atoms with Gasteiger partial charge in [-0.15, -0.1) is 0 Å². The average molecular weight is 371 g/mol. The molecule has 1 saturated heterocycles. The van der Waals surface area contributed by atoms with Crippen molar-refractivity contribution in [2.75, 3.05) is 31.5 Å². The first-order valence-electron chi connectivity index (χ1n) is 9.56. The van der Waals surface area contributed by atoms with Crippen LogP contribution in [0.3, 0.4) is 0 Å². The molecule has 0 atom stereocenters. The minimum Gasteiger partial charge on any atom is -0.352 e. The Morgan fingerprint density at radius 3 is 2.33 bits per heavy atom. The molecule has 6 heteroatoms. The number of hydrogen-bond acceptors (Lipinski definition) is 4. The van der Waals surface area contributed by atoms with Crippen molar-refractivity contribution < 1.29 is 14.4 Å². The predicted octanol–water partition coefficient (Wildman–Crippen LogP) is 2.77. The average Bonchev–Trinajstić information content (AvgIpc) is 3.15. The van der Waals surface area contributed by atoms with Crippen molar-refractivity contribution in [2.24, 2.45) is 0 Å². The number of carbonyl (C=O) groups is 3. The fourth-order valence-corrected chi connectivity index (χ4v) is 3.04. The van der Waals surface area contributed by atoms with E-state index in [1.54, 1.807) is 31.2 Å². The van der Waals surface area contributed by atoms with E-state index in [-0.39, 0.29) is 17.6 Å². The molecule has 1 aliphatic heterocycles. The Morgan fingerprint density at radius 2 is 1.70 bits per heavy atom. The van der Waals surface area contributed by atoms with E-state index in [2.05, 4.69) is 15.5 Å². The van der Waals surface area contributed by atoms with E-state index in [1.807, 2.05) is 0 Å². The summed E-state index contributed by atoms with van der Waals surface area (Å²) in [4.78, 5) is 37.8. The second-order valence-corrected chi connectivity index (χ2v) is 6.96. The fraction of sp³-hybridized carbons (Fsp3) is 0.476. The van der Waals surface area contributed by atoms with Gasteiger partial charge in [0.2, 0.25) is 11.8 Å². The maximum Gasteiger partial charge on any atom is 0.248 e. The van der Waals surface area contributed by atoms with Crippen molar-refractivity contribution in [3.63, 3.8) is 0 Å². The minimum absolute atomic E-state index is 0.0271. The summed E-state index contributed by atoms with van der Waals surface area (Å²) < 4.78 is 0. The molecule has 1 fully saturated rings. The van der Waals surface area contributed by atoms with Gasteiger partial charge in [-0.2, -0.15) is 0 Å². The van der Waals surface area contributed by atoms with Crippen LogP contribution in [0.25, 0.3) is 0 Å². The van der Waals surface area contributed by atoms with Crippen molar-refractivity contribution in [3.05, 3.63) is 41.5 Å².